The lowest BCUT2D eigenvalue weighted by molar-refractivity contribution is 0.561. The van der Waals surface area contributed by atoms with Crippen LogP contribution in [-0.2, 0) is 33.6 Å². The molecule has 0 unspecified atom stereocenters. The topological polar surface area (TPSA) is 88.3 Å². The van der Waals surface area contributed by atoms with E-state index in [1.807, 2.05) is 18.2 Å². The molecule has 0 saturated carbocycles. The number of benzene rings is 1. The molecule has 0 fully saturated rings. The van der Waals surface area contributed by atoms with Crippen LogP contribution < -0.4 is 0 Å². The van der Waals surface area contributed by atoms with Crippen molar-refractivity contribution in [2.45, 2.75) is 19.3 Å². The van der Waals surface area contributed by atoms with Crippen LogP contribution in [0.4, 0.5) is 0 Å². The highest BCUT2D eigenvalue weighted by Gasteiger charge is 2.08. The van der Waals surface area contributed by atoms with E-state index in [1.54, 1.807) is 0 Å². The largest absolute Gasteiger partial charge is 0.234 e. The molecule has 1 aromatic carbocycles. The summed E-state index contributed by atoms with van der Waals surface area (Å²) in [6.07, 6.45) is 6.36. The fraction of sp³-hybridized carbons (Fsp3) is 0.400. The fourth-order valence-corrected chi connectivity index (χ4v) is 2.13. The van der Waals surface area contributed by atoms with Crippen LogP contribution >= 0.6 is 0 Å². The van der Waals surface area contributed by atoms with Crippen LogP contribution in [0.3, 0.4) is 0 Å². The van der Waals surface area contributed by atoms with Crippen molar-refractivity contribution in [1.29, 1.82) is 0 Å². The highest BCUT2D eigenvalue weighted by atomic mass is 16.1. The van der Waals surface area contributed by atoms with Gasteiger partial charge in [-0.25, -0.2) is 29.4 Å². The highest BCUT2D eigenvalue weighted by molar-refractivity contribution is 5.39. The van der Waals surface area contributed by atoms with Crippen molar-refractivity contribution >= 4 is 18.2 Å². The predicted molar refractivity (Wildman–Crippen MR) is 76.5 cm³/mol. The van der Waals surface area contributed by atoms with Gasteiger partial charge < -0.3 is 0 Å². The molecule has 108 valence electrons. The van der Waals surface area contributed by atoms with Crippen LogP contribution in [0.5, 0.6) is 0 Å². The van der Waals surface area contributed by atoms with Crippen LogP contribution in [-0.4, -0.2) is 37.9 Å². The SMILES string of the molecule is O=C=NCCc1cccc(CCN=C=O)c1CCN=C=O. The van der Waals surface area contributed by atoms with Crippen molar-refractivity contribution in [3.05, 3.63) is 34.9 Å². The summed E-state index contributed by atoms with van der Waals surface area (Å²) in [7, 11) is 0. The van der Waals surface area contributed by atoms with Crippen molar-refractivity contribution in [2.24, 2.45) is 15.0 Å². The summed E-state index contributed by atoms with van der Waals surface area (Å²) in [4.78, 5) is 41.1. The Morgan fingerprint density at radius 1 is 0.714 bits per heavy atom. The number of aliphatic imine (C=N–C) groups is 3. The number of hydrogen-bond acceptors (Lipinski definition) is 6. The lowest BCUT2D eigenvalue weighted by Crippen LogP contribution is -2.05. The normalized spacial score (nSPS) is 9.14. The third-order valence-electron chi connectivity index (χ3n) is 3.02. The first-order valence-electron chi connectivity index (χ1n) is 6.54. The van der Waals surface area contributed by atoms with E-state index in [2.05, 4.69) is 15.0 Å². The van der Waals surface area contributed by atoms with Crippen molar-refractivity contribution < 1.29 is 14.4 Å². The van der Waals surface area contributed by atoms with Gasteiger partial charge in [0.1, 0.15) is 0 Å². The van der Waals surface area contributed by atoms with Crippen molar-refractivity contribution in [1.82, 2.24) is 0 Å². The second-order valence-corrected chi connectivity index (χ2v) is 4.22. The summed E-state index contributed by atoms with van der Waals surface area (Å²) in [6, 6.07) is 5.81. The minimum atomic E-state index is 0.349. The zero-order valence-electron chi connectivity index (χ0n) is 11.5. The zero-order chi connectivity index (χ0) is 15.3. The maximum Gasteiger partial charge on any atom is 0.234 e. The molecule has 6 nitrogen and oxygen atoms in total. The molecule has 0 aliphatic heterocycles. The molecule has 0 N–H and O–H groups in total. The molecule has 0 amide bonds. The molecule has 1 aromatic rings. The minimum absolute atomic E-state index is 0.349. The van der Waals surface area contributed by atoms with Crippen LogP contribution in [0.2, 0.25) is 0 Å². The van der Waals surface area contributed by atoms with Gasteiger partial charge in [0.15, 0.2) is 0 Å². The molecule has 21 heavy (non-hydrogen) atoms. The van der Waals surface area contributed by atoms with Gasteiger partial charge >= 0.3 is 0 Å². The molecule has 0 aliphatic carbocycles. The smallest absolute Gasteiger partial charge is 0.211 e. The van der Waals surface area contributed by atoms with Gasteiger partial charge in [-0.3, -0.25) is 0 Å². The zero-order valence-corrected chi connectivity index (χ0v) is 11.5. The third-order valence-corrected chi connectivity index (χ3v) is 3.02. The van der Waals surface area contributed by atoms with E-state index in [-0.39, 0.29) is 0 Å². The Balaban J connectivity index is 2.96. The van der Waals surface area contributed by atoms with Crippen molar-refractivity contribution in [3.63, 3.8) is 0 Å². The summed E-state index contributed by atoms with van der Waals surface area (Å²) in [5.41, 5.74) is 3.14. The van der Waals surface area contributed by atoms with Gasteiger partial charge in [0.05, 0.1) is 19.6 Å². The summed E-state index contributed by atoms with van der Waals surface area (Å²) in [6.45, 7) is 1.08. The summed E-state index contributed by atoms with van der Waals surface area (Å²) >= 11 is 0. The average molecular weight is 285 g/mol. The lowest BCUT2D eigenvalue weighted by Gasteiger charge is -2.12. The van der Waals surface area contributed by atoms with E-state index in [0.717, 1.165) is 16.7 Å². The van der Waals surface area contributed by atoms with Gasteiger partial charge in [0.25, 0.3) is 0 Å². The van der Waals surface area contributed by atoms with E-state index in [9.17, 15) is 14.4 Å². The van der Waals surface area contributed by atoms with Gasteiger partial charge in [-0.2, -0.15) is 0 Å². The predicted octanol–water partition coefficient (Wildman–Crippen LogP) is 1.32. The van der Waals surface area contributed by atoms with E-state index < -0.39 is 0 Å². The van der Waals surface area contributed by atoms with Crippen LogP contribution in [0.25, 0.3) is 0 Å². The molecular weight excluding hydrogens is 270 g/mol. The van der Waals surface area contributed by atoms with E-state index in [0.29, 0.717) is 38.9 Å². The van der Waals surface area contributed by atoms with Crippen LogP contribution in [0, 0.1) is 0 Å². The Bertz CT molecular complexity index is 568. The van der Waals surface area contributed by atoms with Gasteiger partial charge in [-0.1, -0.05) is 18.2 Å². The number of hydrogen-bond donors (Lipinski definition) is 0. The number of nitrogens with zero attached hydrogens (tertiary/aromatic N) is 3. The second-order valence-electron chi connectivity index (χ2n) is 4.22. The molecule has 0 saturated heterocycles. The van der Waals surface area contributed by atoms with Gasteiger partial charge in [0, 0.05) is 0 Å². The van der Waals surface area contributed by atoms with Crippen LogP contribution in [0.15, 0.2) is 33.2 Å². The Morgan fingerprint density at radius 2 is 1.14 bits per heavy atom. The maximum absolute atomic E-state index is 10.2. The van der Waals surface area contributed by atoms with Crippen molar-refractivity contribution in [2.75, 3.05) is 19.6 Å². The Kier molecular flexibility index (Phi) is 7.96. The van der Waals surface area contributed by atoms with Crippen LogP contribution in [0.1, 0.15) is 16.7 Å². The minimum Gasteiger partial charge on any atom is -0.211 e. The number of rotatable bonds is 9. The van der Waals surface area contributed by atoms with E-state index in [4.69, 9.17) is 0 Å². The standard InChI is InChI=1S/C15H15N3O3/c19-10-16-7-4-13-2-1-3-14(5-8-17-11-20)15(13)6-9-18-12-21/h1-3H,4-9H2. The molecule has 6 heteroatoms. The first kappa shape index (κ1) is 16.4. The first-order valence-corrected chi connectivity index (χ1v) is 6.54. The fourth-order valence-electron chi connectivity index (χ4n) is 2.13. The molecular formula is C15H15N3O3. The molecule has 1 rings (SSSR count). The van der Waals surface area contributed by atoms with E-state index in [1.165, 1.54) is 18.2 Å². The molecule has 0 radical (unpaired) electrons. The van der Waals surface area contributed by atoms with Gasteiger partial charge in [-0.15, -0.1) is 0 Å². The summed E-state index contributed by atoms with van der Waals surface area (Å²) in [5, 5.41) is 0. The molecule has 0 spiro atoms. The summed E-state index contributed by atoms with van der Waals surface area (Å²) < 4.78 is 0. The molecule has 0 aromatic heterocycles. The molecule has 0 aliphatic rings. The molecule has 0 atom stereocenters. The average Bonchev–Trinajstić information content (AvgIpc) is 2.50. The first-order chi connectivity index (χ1) is 10.3. The number of isocyanates is 3. The van der Waals surface area contributed by atoms with E-state index >= 15 is 0 Å². The third kappa shape index (κ3) is 5.89. The Hall–Kier alpha value is -2.64. The van der Waals surface area contributed by atoms with Crippen molar-refractivity contribution in [3.8, 4) is 0 Å². The molecule has 0 bridgehead atoms. The Morgan fingerprint density at radius 3 is 1.57 bits per heavy atom. The maximum atomic E-state index is 10.2. The summed E-state index contributed by atoms with van der Waals surface area (Å²) in [5.74, 6) is 0. The molecule has 0 heterocycles. The highest BCUT2D eigenvalue weighted by Crippen LogP contribution is 2.18. The lowest BCUT2D eigenvalue weighted by atomic mass is 9.94. The number of carbonyl (C=O) groups excluding carboxylic acids is 3. The second kappa shape index (κ2) is 10.2. The monoisotopic (exact) mass is 285 g/mol. The Labute approximate surface area is 122 Å². The van der Waals surface area contributed by atoms with Gasteiger partial charge in [-0.05, 0) is 36.0 Å². The van der Waals surface area contributed by atoms with Gasteiger partial charge in [0.2, 0.25) is 18.2 Å². The quantitative estimate of drug-likeness (QED) is 0.506.